The Morgan fingerprint density at radius 3 is 2.96 bits per heavy atom. The molecule has 0 aliphatic carbocycles. The van der Waals surface area contributed by atoms with Crippen LogP contribution in [-0.4, -0.2) is 35.0 Å². The second kappa shape index (κ2) is 6.43. The van der Waals surface area contributed by atoms with Crippen molar-refractivity contribution in [1.82, 2.24) is 9.88 Å². The van der Waals surface area contributed by atoms with Crippen LogP contribution >= 0.6 is 0 Å². The smallest absolute Gasteiger partial charge is 0.231 e. The molecule has 7 heteroatoms. The molecule has 0 saturated carbocycles. The number of pyridine rings is 1. The Morgan fingerprint density at radius 1 is 1.24 bits per heavy atom. The first kappa shape index (κ1) is 15.4. The number of carbonyl (C=O) groups excluding carboxylic acids is 2. The fourth-order valence-electron chi connectivity index (χ4n) is 3.03. The van der Waals surface area contributed by atoms with E-state index >= 15 is 0 Å². The Labute approximate surface area is 144 Å². The number of anilines is 1. The zero-order valence-electron chi connectivity index (χ0n) is 13.5. The van der Waals surface area contributed by atoms with E-state index in [1.807, 2.05) is 18.2 Å². The molecule has 3 heterocycles. The summed E-state index contributed by atoms with van der Waals surface area (Å²) in [5.41, 5.74) is 0.948. The lowest BCUT2D eigenvalue weighted by molar-refractivity contribution is -0.128. The number of likely N-dealkylation sites (tertiary alicyclic amines) is 1. The maximum atomic E-state index is 12.3. The van der Waals surface area contributed by atoms with Gasteiger partial charge in [-0.3, -0.25) is 9.59 Å². The van der Waals surface area contributed by atoms with Crippen LogP contribution in [0.5, 0.6) is 11.5 Å². The van der Waals surface area contributed by atoms with Gasteiger partial charge in [-0.1, -0.05) is 12.1 Å². The van der Waals surface area contributed by atoms with Crippen LogP contribution in [0.2, 0.25) is 0 Å². The summed E-state index contributed by atoms with van der Waals surface area (Å²) in [7, 11) is 0. The molecule has 2 amide bonds. The van der Waals surface area contributed by atoms with Gasteiger partial charge in [0.15, 0.2) is 11.5 Å². The third kappa shape index (κ3) is 3.26. The van der Waals surface area contributed by atoms with Crippen molar-refractivity contribution >= 4 is 17.6 Å². The third-order valence-electron chi connectivity index (χ3n) is 4.31. The predicted octanol–water partition coefficient (Wildman–Crippen LogP) is 1.80. The summed E-state index contributed by atoms with van der Waals surface area (Å²) in [6.07, 6.45) is 1.82. The van der Waals surface area contributed by atoms with Gasteiger partial charge in [0, 0.05) is 25.7 Å². The number of nitrogens with zero attached hydrogens (tertiary/aromatic N) is 2. The topological polar surface area (TPSA) is 80.8 Å². The van der Waals surface area contributed by atoms with Crippen LogP contribution in [-0.2, 0) is 16.1 Å². The number of aromatic nitrogens is 1. The molecule has 2 aliphatic rings. The van der Waals surface area contributed by atoms with Crippen LogP contribution in [0.1, 0.15) is 12.0 Å². The highest BCUT2D eigenvalue weighted by atomic mass is 16.7. The molecule has 25 heavy (non-hydrogen) atoms. The van der Waals surface area contributed by atoms with Gasteiger partial charge in [-0.25, -0.2) is 4.98 Å². The third-order valence-corrected chi connectivity index (χ3v) is 4.31. The summed E-state index contributed by atoms with van der Waals surface area (Å²) < 4.78 is 10.6. The molecule has 1 N–H and O–H groups in total. The first-order chi connectivity index (χ1) is 12.2. The van der Waals surface area contributed by atoms with E-state index in [0.717, 1.165) is 5.56 Å². The van der Waals surface area contributed by atoms with Gasteiger partial charge in [0.25, 0.3) is 0 Å². The highest BCUT2D eigenvalue weighted by Gasteiger charge is 2.34. The number of fused-ring (bicyclic) bond motifs is 1. The first-order valence-corrected chi connectivity index (χ1v) is 8.07. The molecule has 1 fully saturated rings. The summed E-state index contributed by atoms with van der Waals surface area (Å²) in [4.78, 5) is 30.4. The average molecular weight is 339 g/mol. The number of ether oxygens (including phenoxy) is 2. The summed E-state index contributed by atoms with van der Waals surface area (Å²) >= 11 is 0. The number of amides is 2. The van der Waals surface area contributed by atoms with Gasteiger partial charge >= 0.3 is 0 Å². The molecule has 0 radical (unpaired) electrons. The Hall–Kier alpha value is -3.09. The molecule has 0 spiro atoms. The molecule has 128 valence electrons. The zero-order valence-corrected chi connectivity index (χ0v) is 13.5. The zero-order chi connectivity index (χ0) is 17.2. The summed E-state index contributed by atoms with van der Waals surface area (Å²) in [6.45, 7) is 1.06. The predicted molar refractivity (Wildman–Crippen MR) is 89.0 cm³/mol. The molecule has 1 aromatic heterocycles. The van der Waals surface area contributed by atoms with Crippen molar-refractivity contribution in [2.45, 2.75) is 13.0 Å². The molecule has 1 unspecified atom stereocenters. The Kier molecular flexibility index (Phi) is 3.97. The van der Waals surface area contributed by atoms with Crippen LogP contribution in [0.3, 0.4) is 0 Å². The highest BCUT2D eigenvalue weighted by Crippen LogP contribution is 2.33. The number of hydrogen-bond acceptors (Lipinski definition) is 5. The molecular weight excluding hydrogens is 322 g/mol. The summed E-state index contributed by atoms with van der Waals surface area (Å²) in [5, 5.41) is 2.76. The lowest BCUT2D eigenvalue weighted by Crippen LogP contribution is -2.28. The van der Waals surface area contributed by atoms with E-state index in [1.165, 1.54) is 0 Å². The van der Waals surface area contributed by atoms with Crippen LogP contribution in [0.4, 0.5) is 5.82 Å². The molecular formula is C18H17N3O4. The Morgan fingerprint density at radius 2 is 2.12 bits per heavy atom. The maximum Gasteiger partial charge on any atom is 0.231 e. The van der Waals surface area contributed by atoms with E-state index in [9.17, 15) is 9.59 Å². The van der Waals surface area contributed by atoms with Crippen LogP contribution < -0.4 is 14.8 Å². The van der Waals surface area contributed by atoms with Gasteiger partial charge in [-0.2, -0.15) is 0 Å². The van der Waals surface area contributed by atoms with Crippen molar-refractivity contribution in [3.63, 3.8) is 0 Å². The normalized spacial score (nSPS) is 18.5. The van der Waals surface area contributed by atoms with Gasteiger partial charge < -0.3 is 19.7 Å². The van der Waals surface area contributed by atoms with E-state index in [0.29, 0.717) is 30.4 Å². The Balaban J connectivity index is 1.39. The maximum absolute atomic E-state index is 12.3. The molecule has 1 atom stereocenters. The standard InChI is InChI=1S/C18H17N3O4/c22-17-8-13(18(23)20-16-3-1-2-6-19-16)10-21(17)9-12-4-5-14-15(7-12)25-11-24-14/h1-7,13H,8-11H2,(H,19,20,23). The second-order valence-electron chi connectivity index (χ2n) is 6.07. The van der Waals surface area contributed by atoms with Gasteiger partial charge in [0.1, 0.15) is 5.82 Å². The minimum atomic E-state index is -0.372. The van der Waals surface area contributed by atoms with E-state index in [-0.39, 0.29) is 30.9 Å². The van der Waals surface area contributed by atoms with E-state index in [1.54, 1.807) is 29.3 Å². The monoisotopic (exact) mass is 339 g/mol. The largest absolute Gasteiger partial charge is 0.454 e. The van der Waals surface area contributed by atoms with Gasteiger partial charge in [0.2, 0.25) is 18.6 Å². The van der Waals surface area contributed by atoms with Crippen molar-refractivity contribution in [3.8, 4) is 11.5 Å². The molecule has 2 aromatic rings. The number of carbonyl (C=O) groups is 2. The fraction of sp³-hybridized carbons (Fsp3) is 0.278. The average Bonchev–Trinajstić information content (AvgIpc) is 3.22. The van der Waals surface area contributed by atoms with Gasteiger partial charge in [-0.05, 0) is 29.8 Å². The second-order valence-corrected chi connectivity index (χ2v) is 6.07. The lowest BCUT2D eigenvalue weighted by Gasteiger charge is -2.17. The summed E-state index contributed by atoms with van der Waals surface area (Å²) in [5.74, 6) is 1.31. The van der Waals surface area contributed by atoms with Crippen molar-refractivity contribution in [1.29, 1.82) is 0 Å². The number of nitrogens with one attached hydrogen (secondary N) is 1. The minimum Gasteiger partial charge on any atom is -0.454 e. The number of hydrogen-bond donors (Lipinski definition) is 1. The van der Waals surface area contributed by atoms with Crippen LogP contribution in [0.25, 0.3) is 0 Å². The van der Waals surface area contributed by atoms with Crippen LogP contribution in [0.15, 0.2) is 42.6 Å². The molecule has 7 nitrogen and oxygen atoms in total. The molecule has 4 rings (SSSR count). The molecule has 0 bridgehead atoms. The summed E-state index contributed by atoms with van der Waals surface area (Å²) in [6, 6.07) is 10.9. The molecule has 1 saturated heterocycles. The van der Waals surface area contributed by atoms with Crippen molar-refractivity contribution in [3.05, 3.63) is 48.2 Å². The number of benzene rings is 1. The lowest BCUT2D eigenvalue weighted by atomic mass is 10.1. The van der Waals surface area contributed by atoms with Crippen LogP contribution in [0, 0.1) is 5.92 Å². The van der Waals surface area contributed by atoms with E-state index in [4.69, 9.17) is 9.47 Å². The highest BCUT2D eigenvalue weighted by molar-refractivity contribution is 5.96. The number of rotatable bonds is 4. The van der Waals surface area contributed by atoms with Crippen molar-refractivity contribution < 1.29 is 19.1 Å². The van der Waals surface area contributed by atoms with Gasteiger partial charge in [-0.15, -0.1) is 0 Å². The van der Waals surface area contributed by atoms with Crippen molar-refractivity contribution in [2.24, 2.45) is 5.92 Å². The van der Waals surface area contributed by atoms with Crippen molar-refractivity contribution in [2.75, 3.05) is 18.7 Å². The molecule has 2 aliphatic heterocycles. The fourth-order valence-corrected chi connectivity index (χ4v) is 3.03. The first-order valence-electron chi connectivity index (χ1n) is 8.07. The minimum absolute atomic E-state index is 0.0289. The Bertz CT molecular complexity index is 809. The molecule has 1 aromatic carbocycles. The SMILES string of the molecule is O=C(Nc1ccccn1)C1CC(=O)N(Cc2ccc3c(c2)OCO3)C1. The van der Waals surface area contributed by atoms with Gasteiger partial charge in [0.05, 0.1) is 5.92 Å². The van der Waals surface area contributed by atoms with E-state index < -0.39 is 0 Å². The van der Waals surface area contributed by atoms with E-state index in [2.05, 4.69) is 10.3 Å². The quantitative estimate of drug-likeness (QED) is 0.919.